The van der Waals surface area contributed by atoms with Crippen LogP contribution in [-0.4, -0.2) is 84.5 Å². The third kappa shape index (κ3) is 10.4. The van der Waals surface area contributed by atoms with Gasteiger partial charge in [0, 0.05) is 0 Å². The van der Waals surface area contributed by atoms with E-state index in [1.807, 2.05) is 13.0 Å². The lowest BCUT2D eigenvalue weighted by molar-refractivity contribution is -0.174. The molecular weight excluding hydrogens is 494 g/mol. The van der Waals surface area contributed by atoms with E-state index in [0.29, 0.717) is 4.90 Å². The fourth-order valence-corrected chi connectivity index (χ4v) is 3.91. The number of hydrogen-bond donors (Lipinski definition) is 0. The topological polar surface area (TPSA) is 110 Å². The normalized spacial score (nSPS) is 26.8. The highest BCUT2D eigenvalue weighted by Crippen LogP contribution is 2.25. The number of hydrogen-bond acceptors (Lipinski definition) is 9. The molecule has 10 heteroatoms. The van der Waals surface area contributed by atoms with Crippen LogP contribution in [0.3, 0.4) is 0 Å². The maximum atomic E-state index is 13.4. The molecule has 2 amide bonds. The van der Waals surface area contributed by atoms with Crippen molar-refractivity contribution >= 4 is 18.2 Å². The van der Waals surface area contributed by atoms with Crippen LogP contribution in [0.15, 0.2) is 24.3 Å². The Kier molecular flexibility index (Phi) is 11.4. The Morgan fingerprint density at radius 2 is 1.68 bits per heavy atom. The van der Waals surface area contributed by atoms with E-state index in [-0.39, 0.29) is 25.9 Å². The van der Waals surface area contributed by atoms with Crippen LogP contribution in [0, 0.1) is 0 Å². The lowest BCUT2D eigenvalue weighted by Crippen LogP contribution is -2.54. The molecule has 216 valence electrons. The Morgan fingerprint density at radius 3 is 2.18 bits per heavy atom. The van der Waals surface area contributed by atoms with E-state index in [0.717, 1.165) is 24.8 Å². The molecule has 1 saturated heterocycles. The Bertz CT molecular complexity index is 843. The number of carbonyl (C=O) groups excluding carboxylic acids is 3. The molecule has 0 bridgehead atoms. The van der Waals surface area contributed by atoms with Gasteiger partial charge < -0.3 is 28.4 Å². The van der Waals surface area contributed by atoms with Gasteiger partial charge in [-0.25, -0.2) is 14.4 Å². The van der Waals surface area contributed by atoms with Crippen molar-refractivity contribution in [3.05, 3.63) is 24.3 Å². The van der Waals surface area contributed by atoms with Gasteiger partial charge in [-0.1, -0.05) is 24.3 Å². The number of allylic oxidation sites excluding steroid dienone is 1. The monoisotopic (exact) mass is 539 g/mol. The summed E-state index contributed by atoms with van der Waals surface area (Å²) in [7, 11) is 0. The minimum atomic E-state index is -1.45. The van der Waals surface area contributed by atoms with E-state index in [1.165, 1.54) is 0 Å². The number of cyclic esters (lactones) is 1. The molecule has 0 spiro atoms. The molecule has 0 aromatic rings. The van der Waals surface area contributed by atoms with Crippen molar-refractivity contribution in [2.45, 2.75) is 116 Å². The summed E-state index contributed by atoms with van der Waals surface area (Å²) in [4.78, 5) is 40.3. The largest absolute Gasteiger partial charge is 0.458 e. The van der Waals surface area contributed by atoms with Gasteiger partial charge >= 0.3 is 18.2 Å². The Morgan fingerprint density at radius 1 is 1.08 bits per heavy atom. The molecule has 1 heterocycles. The second kappa shape index (κ2) is 13.6. The number of imide groups is 1. The van der Waals surface area contributed by atoms with Crippen LogP contribution in [0.1, 0.15) is 74.7 Å². The summed E-state index contributed by atoms with van der Waals surface area (Å²) in [5.41, 5.74) is -1.05. The summed E-state index contributed by atoms with van der Waals surface area (Å²) in [6.07, 6.45) is 2.57. The smallest absolute Gasteiger partial charge is 0.420 e. The summed E-state index contributed by atoms with van der Waals surface area (Å²) >= 11 is 0. The van der Waals surface area contributed by atoms with Crippen LogP contribution in [0.25, 0.3) is 0 Å². The van der Waals surface area contributed by atoms with Gasteiger partial charge in [0.05, 0.1) is 25.9 Å². The number of nitrogens with zero attached hydrogens (tertiary/aromatic N) is 1. The van der Waals surface area contributed by atoms with Crippen LogP contribution in [0.2, 0.25) is 0 Å². The van der Waals surface area contributed by atoms with Crippen molar-refractivity contribution in [3.63, 3.8) is 0 Å². The molecule has 2 aliphatic rings. The molecule has 0 aromatic carbocycles. The van der Waals surface area contributed by atoms with Crippen molar-refractivity contribution in [2.75, 3.05) is 19.8 Å². The molecule has 1 fully saturated rings. The maximum absolute atomic E-state index is 13.4. The molecular formula is C28H45NO9. The number of esters is 1. The van der Waals surface area contributed by atoms with Crippen LogP contribution in [-0.2, 0) is 33.2 Å². The van der Waals surface area contributed by atoms with Crippen LogP contribution in [0.4, 0.5) is 9.59 Å². The highest BCUT2D eigenvalue weighted by atomic mass is 16.6. The number of rotatable bonds is 6. The van der Waals surface area contributed by atoms with Gasteiger partial charge in [-0.15, -0.1) is 0 Å². The first-order chi connectivity index (χ1) is 17.6. The molecule has 0 radical (unpaired) electrons. The standard InChI is InChI=1S/C28H45NO9/c1-18(2)15-34-22-17-33-16-21(24(30)35-19(3)23(22)36-20-13-11-10-12-14-20)29(25(31)37-27(4,5)6)26(32)38-28(7,8)9/h11,13,19-23H,1,10,12,14-17H2,2-9H3/t19-,20?,21-,22-,23-/m0/s1. The Labute approximate surface area is 226 Å². The molecule has 2 rings (SSSR count). The third-order valence-corrected chi connectivity index (χ3v) is 5.54. The first kappa shape index (κ1) is 31.8. The van der Waals surface area contributed by atoms with Crippen LogP contribution in [0.5, 0.6) is 0 Å². The van der Waals surface area contributed by atoms with Gasteiger partial charge in [-0.2, -0.15) is 4.90 Å². The van der Waals surface area contributed by atoms with Crippen molar-refractivity contribution in [2.24, 2.45) is 0 Å². The minimum absolute atomic E-state index is 0.0301. The van der Waals surface area contributed by atoms with E-state index < -0.39 is 53.7 Å². The molecule has 5 atom stereocenters. The number of carbonyl (C=O) groups is 3. The fraction of sp³-hybridized carbons (Fsp3) is 0.750. The van der Waals surface area contributed by atoms with Gasteiger partial charge in [0.15, 0.2) is 6.04 Å². The summed E-state index contributed by atoms with van der Waals surface area (Å²) in [6.45, 7) is 17.3. The fourth-order valence-electron chi connectivity index (χ4n) is 3.91. The van der Waals surface area contributed by atoms with E-state index >= 15 is 0 Å². The van der Waals surface area contributed by atoms with E-state index in [2.05, 4.69) is 12.7 Å². The first-order valence-corrected chi connectivity index (χ1v) is 13.2. The summed E-state index contributed by atoms with van der Waals surface area (Å²) < 4.78 is 34.9. The minimum Gasteiger partial charge on any atom is -0.458 e. The number of amides is 2. The van der Waals surface area contributed by atoms with Gasteiger partial charge in [-0.05, 0) is 74.7 Å². The molecule has 1 unspecified atom stereocenters. The maximum Gasteiger partial charge on any atom is 0.420 e. The van der Waals surface area contributed by atoms with E-state index in [9.17, 15) is 14.4 Å². The second-order valence-electron chi connectivity index (χ2n) is 11.8. The van der Waals surface area contributed by atoms with Gasteiger partial charge in [0.1, 0.15) is 29.5 Å². The van der Waals surface area contributed by atoms with Crippen LogP contribution >= 0.6 is 0 Å². The van der Waals surface area contributed by atoms with Crippen molar-refractivity contribution < 1.29 is 42.8 Å². The molecule has 10 nitrogen and oxygen atoms in total. The van der Waals surface area contributed by atoms with Gasteiger partial charge in [0.25, 0.3) is 0 Å². The lowest BCUT2D eigenvalue weighted by atomic mass is 10.0. The van der Waals surface area contributed by atoms with Crippen molar-refractivity contribution in [1.29, 1.82) is 0 Å². The highest BCUT2D eigenvalue weighted by molar-refractivity contribution is 5.94. The molecule has 0 aromatic heterocycles. The van der Waals surface area contributed by atoms with Crippen LogP contribution < -0.4 is 0 Å². The SMILES string of the molecule is C=C(C)CO[C@H]1COC[C@H](N(C(=O)OC(C)(C)C)C(=O)OC(C)(C)C)C(=O)O[C@@H](C)[C@@H]1OC1C=CCCC1. The average molecular weight is 540 g/mol. The molecule has 0 N–H and O–H groups in total. The zero-order valence-corrected chi connectivity index (χ0v) is 24.1. The molecule has 38 heavy (non-hydrogen) atoms. The van der Waals surface area contributed by atoms with Gasteiger partial charge in [0.2, 0.25) is 0 Å². The zero-order valence-electron chi connectivity index (χ0n) is 24.1. The summed E-state index contributed by atoms with van der Waals surface area (Å²) in [5, 5.41) is 0. The average Bonchev–Trinajstić information content (AvgIpc) is 2.81. The predicted molar refractivity (Wildman–Crippen MR) is 141 cm³/mol. The Balaban J connectivity index is 2.37. The van der Waals surface area contributed by atoms with Crippen molar-refractivity contribution in [1.82, 2.24) is 4.90 Å². The summed E-state index contributed by atoms with van der Waals surface area (Å²) in [5.74, 6) is -0.845. The number of ether oxygens (including phenoxy) is 6. The highest BCUT2D eigenvalue weighted by Gasteiger charge is 2.44. The summed E-state index contributed by atoms with van der Waals surface area (Å²) in [6, 6.07) is -1.45. The quantitative estimate of drug-likeness (QED) is 0.263. The first-order valence-electron chi connectivity index (χ1n) is 13.2. The molecule has 0 saturated carbocycles. The third-order valence-electron chi connectivity index (χ3n) is 5.54. The van der Waals surface area contributed by atoms with Crippen molar-refractivity contribution in [3.8, 4) is 0 Å². The molecule has 1 aliphatic carbocycles. The van der Waals surface area contributed by atoms with E-state index in [1.54, 1.807) is 48.5 Å². The Hall–Kier alpha value is -2.43. The predicted octanol–water partition coefficient (Wildman–Crippen LogP) is 4.94. The zero-order chi connectivity index (χ0) is 28.7. The van der Waals surface area contributed by atoms with E-state index in [4.69, 9.17) is 28.4 Å². The lowest BCUT2D eigenvalue weighted by Gasteiger charge is -2.34. The second-order valence-corrected chi connectivity index (χ2v) is 11.8. The van der Waals surface area contributed by atoms with Gasteiger partial charge in [-0.3, -0.25) is 0 Å². The molecule has 1 aliphatic heterocycles.